The summed E-state index contributed by atoms with van der Waals surface area (Å²) in [5.74, 6) is -2.86. The number of carbonyl (C=O) groups excluding carboxylic acids is 3. The quantitative estimate of drug-likeness (QED) is 0.168. The number of phenolic OH excluding ortho intramolecular Hbond substituents is 1. The third-order valence-electron chi connectivity index (χ3n) is 6.53. The Morgan fingerprint density at radius 3 is 2.10 bits per heavy atom. The number of amides is 3. The van der Waals surface area contributed by atoms with E-state index in [-0.39, 0.29) is 24.5 Å². The van der Waals surface area contributed by atoms with E-state index in [1.165, 1.54) is 19.1 Å². The highest BCUT2D eigenvalue weighted by Crippen LogP contribution is 2.20. The number of aliphatic carboxylic acids is 1. The fourth-order valence-electron chi connectivity index (χ4n) is 4.35. The summed E-state index contributed by atoms with van der Waals surface area (Å²) < 4.78 is 0. The molecule has 1 aromatic heterocycles. The predicted octanol–water partition coefficient (Wildman–Crippen LogP) is 1.59. The molecule has 1 heterocycles. The number of nitrogens with two attached hydrogens (primary N) is 1. The van der Waals surface area contributed by atoms with Crippen molar-refractivity contribution < 1.29 is 29.4 Å². The van der Waals surface area contributed by atoms with Crippen LogP contribution in [0.15, 0.2) is 54.7 Å². The molecule has 11 heteroatoms. The Labute approximate surface area is 232 Å². The van der Waals surface area contributed by atoms with Crippen molar-refractivity contribution in [1.82, 2.24) is 20.9 Å². The molecule has 3 amide bonds. The number of nitrogens with one attached hydrogen (secondary N) is 4. The van der Waals surface area contributed by atoms with Gasteiger partial charge >= 0.3 is 5.97 Å². The fourth-order valence-corrected chi connectivity index (χ4v) is 4.35. The molecule has 2 aromatic carbocycles. The van der Waals surface area contributed by atoms with Gasteiger partial charge in [0.1, 0.15) is 23.9 Å². The van der Waals surface area contributed by atoms with E-state index in [9.17, 15) is 29.4 Å². The van der Waals surface area contributed by atoms with Crippen molar-refractivity contribution in [2.24, 2.45) is 11.7 Å². The van der Waals surface area contributed by atoms with Gasteiger partial charge in [-0.15, -0.1) is 0 Å². The van der Waals surface area contributed by atoms with Gasteiger partial charge in [0.25, 0.3) is 0 Å². The molecule has 3 aromatic rings. The van der Waals surface area contributed by atoms with Crippen LogP contribution in [-0.2, 0) is 32.0 Å². The van der Waals surface area contributed by atoms with Gasteiger partial charge in [0, 0.05) is 29.9 Å². The van der Waals surface area contributed by atoms with Crippen molar-refractivity contribution in [3.63, 3.8) is 0 Å². The van der Waals surface area contributed by atoms with E-state index in [2.05, 4.69) is 20.9 Å². The van der Waals surface area contributed by atoms with Gasteiger partial charge in [-0.3, -0.25) is 19.2 Å². The summed E-state index contributed by atoms with van der Waals surface area (Å²) in [6, 6.07) is 9.37. The number of phenols is 1. The van der Waals surface area contributed by atoms with Gasteiger partial charge in [-0.25, -0.2) is 0 Å². The van der Waals surface area contributed by atoms with Gasteiger partial charge in [-0.2, -0.15) is 0 Å². The monoisotopic (exact) mass is 551 g/mol. The number of aromatic hydroxyl groups is 1. The first kappa shape index (κ1) is 30.2. The number of aromatic nitrogens is 1. The lowest BCUT2D eigenvalue weighted by molar-refractivity contribution is -0.141. The third-order valence-corrected chi connectivity index (χ3v) is 6.53. The van der Waals surface area contributed by atoms with Gasteiger partial charge in [-0.05, 0) is 48.6 Å². The topological polar surface area (TPSA) is 187 Å². The van der Waals surface area contributed by atoms with Gasteiger partial charge < -0.3 is 36.9 Å². The van der Waals surface area contributed by atoms with E-state index in [1.54, 1.807) is 18.3 Å². The zero-order valence-electron chi connectivity index (χ0n) is 22.8. The molecule has 0 aliphatic carbocycles. The smallest absolute Gasteiger partial charge is 0.325 e. The Bertz CT molecular complexity index is 1340. The lowest BCUT2D eigenvalue weighted by atomic mass is 10.00. The summed E-state index contributed by atoms with van der Waals surface area (Å²) in [6.07, 6.45) is 2.33. The molecule has 214 valence electrons. The minimum absolute atomic E-state index is 0.0187. The van der Waals surface area contributed by atoms with Gasteiger partial charge in [0.15, 0.2) is 0 Å². The molecule has 0 aliphatic heterocycles. The molecule has 0 radical (unpaired) electrons. The van der Waals surface area contributed by atoms with E-state index >= 15 is 0 Å². The maximum atomic E-state index is 13.7. The summed E-state index contributed by atoms with van der Waals surface area (Å²) in [6.45, 7) is 5.19. The van der Waals surface area contributed by atoms with Crippen molar-refractivity contribution in [3.05, 3.63) is 65.9 Å². The Morgan fingerprint density at radius 2 is 1.45 bits per heavy atom. The number of aromatic amines is 1. The second-order valence-corrected chi connectivity index (χ2v) is 10.4. The molecule has 11 nitrogen and oxygen atoms in total. The van der Waals surface area contributed by atoms with Crippen molar-refractivity contribution in [2.75, 3.05) is 0 Å². The first-order valence-electron chi connectivity index (χ1n) is 13.2. The van der Waals surface area contributed by atoms with Crippen LogP contribution < -0.4 is 21.7 Å². The van der Waals surface area contributed by atoms with Crippen LogP contribution in [0.25, 0.3) is 10.9 Å². The third kappa shape index (κ3) is 8.31. The van der Waals surface area contributed by atoms with Gasteiger partial charge in [0.2, 0.25) is 17.7 Å². The van der Waals surface area contributed by atoms with Crippen LogP contribution >= 0.6 is 0 Å². The number of benzene rings is 2. The number of carboxylic acid groups (broad SMARTS) is 1. The van der Waals surface area contributed by atoms with Gasteiger partial charge in [0.05, 0.1) is 6.04 Å². The summed E-state index contributed by atoms with van der Waals surface area (Å²) >= 11 is 0. The van der Waals surface area contributed by atoms with Crippen LogP contribution in [0, 0.1) is 5.92 Å². The number of carboxylic acids is 1. The maximum Gasteiger partial charge on any atom is 0.325 e. The number of H-pyrrole nitrogens is 1. The summed E-state index contributed by atoms with van der Waals surface area (Å²) in [5, 5.41) is 27.6. The van der Waals surface area contributed by atoms with Gasteiger partial charge in [-0.1, -0.05) is 44.2 Å². The molecule has 0 fully saturated rings. The molecular weight excluding hydrogens is 514 g/mol. The Kier molecular flexibility index (Phi) is 10.3. The van der Waals surface area contributed by atoms with E-state index in [1.807, 2.05) is 38.1 Å². The van der Waals surface area contributed by atoms with E-state index in [0.29, 0.717) is 12.0 Å². The maximum absolute atomic E-state index is 13.7. The number of hydrogen-bond donors (Lipinski definition) is 7. The minimum Gasteiger partial charge on any atom is -0.508 e. The molecule has 0 aliphatic rings. The Morgan fingerprint density at radius 1 is 0.850 bits per heavy atom. The van der Waals surface area contributed by atoms with Crippen LogP contribution in [0.3, 0.4) is 0 Å². The largest absolute Gasteiger partial charge is 0.508 e. The highest BCUT2D eigenvalue weighted by molar-refractivity contribution is 5.95. The zero-order valence-corrected chi connectivity index (χ0v) is 22.8. The van der Waals surface area contributed by atoms with Crippen LogP contribution in [0.2, 0.25) is 0 Å². The van der Waals surface area contributed by atoms with Crippen LogP contribution in [0.4, 0.5) is 0 Å². The van der Waals surface area contributed by atoms with E-state index in [0.717, 1.165) is 16.5 Å². The second-order valence-electron chi connectivity index (χ2n) is 10.4. The molecular formula is C29H37N5O6. The lowest BCUT2D eigenvalue weighted by Gasteiger charge is -2.25. The number of fused-ring (bicyclic) bond motifs is 1. The molecule has 4 unspecified atom stereocenters. The lowest BCUT2D eigenvalue weighted by Crippen LogP contribution is -2.58. The second kappa shape index (κ2) is 13.6. The SMILES string of the molecule is CC(C)CC(N)C(=O)NC(Cc1c[nH]c2ccccc12)C(=O)NC(Cc1ccc(O)cc1)C(=O)NC(C)C(=O)O. The molecule has 40 heavy (non-hydrogen) atoms. The number of para-hydroxylation sites is 1. The summed E-state index contributed by atoms with van der Waals surface area (Å²) in [7, 11) is 0. The van der Waals surface area contributed by atoms with Crippen molar-refractivity contribution in [3.8, 4) is 5.75 Å². The Balaban J connectivity index is 1.88. The predicted molar refractivity (Wildman–Crippen MR) is 150 cm³/mol. The highest BCUT2D eigenvalue weighted by Gasteiger charge is 2.30. The molecule has 4 atom stereocenters. The van der Waals surface area contributed by atoms with E-state index in [4.69, 9.17) is 5.73 Å². The minimum atomic E-state index is -1.23. The highest BCUT2D eigenvalue weighted by atomic mass is 16.4. The Hall–Kier alpha value is -4.38. The van der Waals surface area contributed by atoms with Crippen LogP contribution in [-0.4, -0.2) is 63.1 Å². The standard InChI is InChI=1S/C29H37N5O6/c1-16(2)12-22(30)26(36)33-25(14-19-15-31-23-7-5-4-6-21(19)23)28(38)34-24(27(37)32-17(3)29(39)40)13-18-8-10-20(35)11-9-18/h4-11,15-17,22,24-25,31,35H,12-14,30H2,1-3H3,(H,32,37)(H,33,36)(H,34,38)(H,39,40). The molecule has 3 rings (SSSR count). The first-order chi connectivity index (χ1) is 18.9. The average molecular weight is 552 g/mol. The summed E-state index contributed by atoms with van der Waals surface area (Å²) in [5.41, 5.74) is 8.36. The number of carbonyl (C=O) groups is 4. The molecule has 0 saturated carbocycles. The normalized spacial score (nSPS) is 14.2. The average Bonchev–Trinajstić information content (AvgIpc) is 3.31. The molecule has 0 spiro atoms. The van der Waals surface area contributed by atoms with Crippen LogP contribution in [0.1, 0.15) is 38.3 Å². The van der Waals surface area contributed by atoms with Crippen molar-refractivity contribution >= 4 is 34.6 Å². The van der Waals surface area contributed by atoms with Crippen molar-refractivity contribution in [1.29, 1.82) is 0 Å². The van der Waals surface area contributed by atoms with E-state index < -0.39 is 47.9 Å². The van der Waals surface area contributed by atoms with Crippen LogP contribution in [0.5, 0.6) is 5.75 Å². The van der Waals surface area contributed by atoms with Crippen molar-refractivity contribution in [2.45, 2.75) is 64.2 Å². The number of hydrogen-bond acceptors (Lipinski definition) is 6. The number of rotatable bonds is 13. The molecule has 0 saturated heterocycles. The molecule has 0 bridgehead atoms. The zero-order chi connectivity index (χ0) is 29.4. The first-order valence-corrected chi connectivity index (χ1v) is 13.2. The molecule has 8 N–H and O–H groups in total. The summed E-state index contributed by atoms with van der Waals surface area (Å²) in [4.78, 5) is 54.2. The fraction of sp³-hybridized carbons (Fsp3) is 0.379.